The predicted octanol–water partition coefficient (Wildman–Crippen LogP) is 2.06. The first-order chi connectivity index (χ1) is 6.27. The maximum Gasteiger partial charge on any atom is 0.0376 e. The highest BCUT2D eigenvalue weighted by Crippen LogP contribution is 2.24. The van der Waals surface area contributed by atoms with Gasteiger partial charge in [0.2, 0.25) is 0 Å². The van der Waals surface area contributed by atoms with E-state index in [0.29, 0.717) is 0 Å². The van der Waals surface area contributed by atoms with E-state index >= 15 is 0 Å². The third-order valence-electron chi connectivity index (χ3n) is 2.60. The third kappa shape index (κ3) is 1.68. The average molecular weight is 176 g/mol. The zero-order valence-corrected chi connectivity index (χ0v) is 8.01. The lowest BCUT2D eigenvalue weighted by molar-refractivity contribution is 0.802. The smallest absolute Gasteiger partial charge is 0.0376 e. The van der Waals surface area contributed by atoms with E-state index in [-0.39, 0.29) is 6.04 Å². The van der Waals surface area contributed by atoms with Gasteiger partial charge in [0.15, 0.2) is 0 Å². The van der Waals surface area contributed by atoms with Crippen LogP contribution >= 0.6 is 0 Å². The van der Waals surface area contributed by atoms with Crippen molar-refractivity contribution < 1.29 is 0 Å². The van der Waals surface area contributed by atoms with Gasteiger partial charge in [-0.05, 0) is 37.0 Å². The fourth-order valence-electron chi connectivity index (χ4n) is 1.76. The van der Waals surface area contributed by atoms with Gasteiger partial charge < -0.3 is 11.1 Å². The minimum Gasteiger partial charge on any atom is -0.385 e. The van der Waals surface area contributed by atoms with Crippen LogP contribution in [0.1, 0.15) is 30.5 Å². The molecule has 0 aliphatic carbocycles. The van der Waals surface area contributed by atoms with Crippen LogP contribution in [-0.2, 0) is 6.42 Å². The van der Waals surface area contributed by atoms with Gasteiger partial charge in [-0.1, -0.05) is 12.1 Å². The highest BCUT2D eigenvalue weighted by molar-refractivity contribution is 5.55. The summed E-state index contributed by atoms with van der Waals surface area (Å²) in [4.78, 5) is 0. The van der Waals surface area contributed by atoms with Crippen LogP contribution in [-0.4, -0.2) is 6.54 Å². The molecule has 1 atom stereocenters. The Hall–Kier alpha value is -1.02. The summed E-state index contributed by atoms with van der Waals surface area (Å²) in [6.45, 7) is 3.11. The second kappa shape index (κ2) is 3.38. The summed E-state index contributed by atoms with van der Waals surface area (Å²) in [7, 11) is 0. The fraction of sp³-hybridized carbons (Fsp3) is 0.455. The molecule has 3 N–H and O–H groups in total. The number of hydrogen-bond acceptors (Lipinski definition) is 2. The highest BCUT2D eigenvalue weighted by atomic mass is 14.9. The van der Waals surface area contributed by atoms with Gasteiger partial charge in [0, 0.05) is 18.3 Å². The van der Waals surface area contributed by atoms with Crippen LogP contribution in [0.2, 0.25) is 0 Å². The van der Waals surface area contributed by atoms with E-state index in [9.17, 15) is 0 Å². The van der Waals surface area contributed by atoms with Gasteiger partial charge in [0.25, 0.3) is 0 Å². The van der Waals surface area contributed by atoms with E-state index in [1.165, 1.54) is 29.7 Å². The van der Waals surface area contributed by atoms with Crippen LogP contribution in [0, 0.1) is 0 Å². The largest absolute Gasteiger partial charge is 0.385 e. The van der Waals surface area contributed by atoms with Crippen molar-refractivity contribution in [3.63, 3.8) is 0 Å². The van der Waals surface area contributed by atoms with E-state index in [0.717, 1.165) is 6.54 Å². The minimum absolute atomic E-state index is 0.133. The number of aryl methyl sites for hydroxylation is 1. The molecule has 0 aromatic heterocycles. The van der Waals surface area contributed by atoms with Crippen molar-refractivity contribution in [1.82, 2.24) is 0 Å². The standard InChI is InChI=1S/C11H16N2/c1-8(12)10-5-4-9-3-2-6-13-11(9)7-10/h4-5,7-8,13H,2-3,6,12H2,1H3. The second-order valence-corrected chi connectivity index (χ2v) is 3.74. The molecule has 0 bridgehead atoms. The van der Waals surface area contributed by atoms with Crippen LogP contribution in [0.3, 0.4) is 0 Å². The van der Waals surface area contributed by atoms with E-state index < -0.39 is 0 Å². The zero-order chi connectivity index (χ0) is 9.26. The summed E-state index contributed by atoms with van der Waals surface area (Å²) in [6, 6.07) is 6.64. The van der Waals surface area contributed by atoms with Gasteiger partial charge in [0.05, 0.1) is 0 Å². The zero-order valence-electron chi connectivity index (χ0n) is 8.01. The van der Waals surface area contributed by atoms with Crippen LogP contribution in [0.25, 0.3) is 0 Å². The molecule has 0 saturated carbocycles. The molecule has 70 valence electrons. The maximum absolute atomic E-state index is 5.82. The number of nitrogens with two attached hydrogens (primary N) is 1. The number of hydrogen-bond donors (Lipinski definition) is 2. The molecule has 2 rings (SSSR count). The molecule has 1 heterocycles. The van der Waals surface area contributed by atoms with Crippen LogP contribution in [0.15, 0.2) is 18.2 Å². The van der Waals surface area contributed by atoms with Crippen LogP contribution < -0.4 is 11.1 Å². The van der Waals surface area contributed by atoms with E-state index in [4.69, 9.17) is 5.73 Å². The Balaban J connectivity index is 2.35. The molecule has 2 heteroatoms. The Morgan fingerprint density at radius 1 is 1.46 bits per heavy atom. The van der Waals surface area contributed by atoms with Crippen molar-refractivity contribution in [2.75, 3.05) is 11.9 Å². The summed E-state index contributed by atoms with van der Waals surface area (Å²) >= 11 is 0. The number of anilines is 1. The quantitative estimate of drug-likeness (QED) is 0.687. The number of nitrogens with one attached hydrogen (secondary N) is 1. The average Bonchev–Trinajstić information content (AvgIpc) is 2.17. The Labute approximate surface area is 79.1 Å². The molecular formula is C11H16N2. The third-order valence-corrected chi connectivity index (χ3v) is 2.60. The Kier molecular flexibility index (Phi) is 2.23. The fourth-order valence-corrected chi connectivity index (χ4v) is 1.76. The molecule has 2 nitrogen and oxygen atoms in total. The Morgan fingerprint density at radius 2 is 2.31 bits per heavy atom. The molecule has 1 aliphatic heterocycles. The van der Waals surface area contributed by atoms with Crippen molar-refractivity contribution in [2.24, 2.45) is 5.73 Å². The Bertz CT molecular complexity index is 305. The monoisotopic (exact) mass is 176 g/mol. The van der Waals surface area contributed by atoms with E-state index in [1.54, 1.807) is 0 Å². The second-order valence-electron chi connectivity index (χ2n) is 3.74. The van der Waals surface area contributed by atoms with Crippen molar-refractivity contribution in [1.29, 1.82) is 0 Å². The maximum atomic E-state index is 5.82. The molecule has 13 heavy (non-hydrogen) atoms. The van der Waals surface area contributed by atoms with Crippen LogP contribution in [0.5, 0.6) is 0 Å². The van der Waals surface area contributed by atoms with Crippen molar-refractivity contribution in [3.05, 3.63) is 29.3 Å². The van der Waals surface area contributed by atoms with E-state index in [1.807, 2.05) is 6.92 Å². The van der Waals surface area contributed by atoms with Gasteiger partial charge in [-0.2, -0.15) is 0 Å². The Morgan fingerprint density at radius 3 is 3.08 bits per heavy atom. The summed E-state index contributed by atoms with van der Waals surface area (Å²) in [5, 5.41) is 3.40. The lowest BCUT2D eigenvalue weighted by Gasteiger charge is -2.19. The number of benzene rings is 1. The molecule has 0 amide bonds. The van der Waals surface area contributed by atoms with Crippen molar-refractivity contribution in [2.45, 2.75) is 25.8 Å². The molecule has 0 fully saturated rings. The van der Waals surface area contributed by atoms with Gasteiger partial charge in [-0.25, -0.2) is 0 Å². The first-order valence-corrected chi connectivity index (χ1v) is 4.89. The SMILES string of the molecule is CC(N)c1ccc2c(c1)NCCC2. The molecule has 0 spiro atoms. The molecule has 1 aliphatic rings. The molecule has 1 aromatic rings. The van der Waals surface area contributed by atoms with Crippen molar-refractivity contribution in [3.8, 4) is 0 Å². The lowest BCUT2D eigenvalue weighted by Crippen LogP contribution is -2.13. The number of fused-ring (bicyclic) bond motifs is 1. The van der Waals surface area contributed by atoms with Crippen LogP contribution in [0.4, 0.5) is 5.69 Å². The number of rotatable bonds is 1. The molecule has 0 saturated heterocycles. The summed E-state index contributed by atoms with van der Waals surface area (Å²) < 4.78 is 0. The topological polar surface area (TPSA) is 38.0 Å². The normalized spacial score (nSPS) is 17.4. The van der Waals surface area contributed by atoms with Gasteiger partial charge in [0.1, 0.15) is 0 Å². The van der Waals surface area contributed by atoms with Gasteiger partial charge >= 0.3 is 0 Å². The molecule has 1 unspecified atom stereocenters. The molecule has 0 radical (unpaired) electrons. The molecular weight excluding hydrogens is 160 g/mol. The summed E-state index contributed by atoms with van der Waals surface area (Å²) in [5.41, 5.74) is 9.74. The summed E-state index contributed by atoms with van der Waals surface area (Å²) in [5.74, 6) is 0. The van der Waals surface area contributed by atoms with E-state index in [2.05, 4.69) is 23.5 Å². The minimum atomic E-state index is 0.133. The highest BCUT2D eigenvalue weighted by Gasteiger charge is 2.09. The van der Waals surface area contributed by atoms with Crippen molar-refractivity contribution >= 4 is 5.69 Å². The van der Waals surface area contributed by atoms with Gasteiger partial charge in [-0.3, -0.25) is 0 Å². The lowest BCUT2D eigenvalue weighted by atomic mass is 9.99. The first kappa shape index (κ1) is 8.57. The molecule has 1 aromatic carbocycles. The van der Waals surface area contributed by atoms with Gasteiger partial charge in [-0.15, -0.1) is 0 Å². The predicted molar refractivity (Wildman–Crippen MR) is 55.9 cm³/mol. The summed E-state index contributed by atoms with van der Waals surface area (Å²) in [6.07, 6.45) is 2.44. The first-order valence-electron chi connectivity index (χ1n) is 4.89.